The van der Waals surface area contributed by atoms with E-state index in [1.54, 1.807) is 50.5 Å². The molecule has 7 heteroatoms. The third kappa shape index (κ3) is 5.71. The zero-order chi connectivity index (χ0) is 21.0. The van der Waals surface area contributed by atoms with Crippen LogP contribution < -0.4 is 15.5 Å². The highest BCUT2D eigenvalue weighted by Crippen LogP contribution is 2.31. The van der Waals surface area contributed by atoms with Crippen LogP contribution in [0, 0.1) is 5.92 Å². The van der Waals surface area contributed by atoms with E-state index in [-0.39, 0.29) is 11.8 Å². The van der Waals surface area contributed by atoms with Crippen LogP contribution in [0.2, 0.25) is 0 Å². The summed E-state index contributed by atoms with van der Waals surface area (Å²) in [5.74, 6) is 0.706. The normalized spacial score (nSPS) is 15.8. The maximum absolute atomic E-state index is 11.8. The largest absolute Gasteiger partial charge is 0.457 e. The van der Waals surface area contributed by atoms with Gasteiger partial charge in [0.1, 0.15) is 17.1 Å². The quantitative estimate of drug-likeness (QED) is 0.523. The minimum atomic E-state index is -0.559. The first-order chi connectivity index (χ1) is 13.7. The number of hydrogen-bond acceptors (Lipinski definition) is 5. The van der Waals surface area contributed by atoms with Crippen LogP contribution in [0.3, 0.4) is 0 Å². The first-order valence-electron chi connectivity index (χ1n) is 9.57. The molecule has 1 aliphatic carbocycles. The van der Waals surface area contributed by atoms with Gasteiger partial charge in [-0.3, -0.25) is 15.3 Å². The number of hydroxylamine groups is 1. The molecule has 3 rings (SSSR count). The van der Waals surface area contributed by atoms with E-state index in [9.17, 15) is 9.59 Å². The molecule has 29 heavy (non-hydrogen) atoms. The summed E-state index contributed by atoms with van der Waals surface area (Å²) >= 11 is 0. The SMILES string of the molecule is CC(C)(C)OC(=O)Nc1ccc(Oc2ccc3c(c2)CC(C(=O)NO)CC3)cc1. The van der Waals surface area contributed by atoms with Crippen molar-refractivity contribution < 1.29 is 24.3 Å². The van der Waals surface area contributed by atoms with E-state index in [4.69, 9.17) is 14.7 Å². The van der Waals surface area contributed by atoms with E-state index in [0.29, 0.717) is 30.0 Å². The Bertz CT molecular complexity index is 887. The number of carbonyl (C=O) groups is 2. The fourth-order valence-corrected chi connectivity index (χ4v) is 3.28. The van der Waals surface area contributed by atoms with Gasteiger partial charge in [0.25, 0.3) is 0 Å². The van der Waals surface area contributed by atoms with E-state index in [1.165, 1.54) is 5.56 Å². The number of fused-ring (bicyclic) bond motifs is 1. The highest BCUT2D eigenvalue weighted by Gasteiger charge is 2.24. The minimum Gasteiger partial charge on any atom is -0.457 e. The number of nitrogens with one attached hydrogen (secondary N) is 2. The van der Waals surface area contributed by atoms with Crippen molar-refractivity contribution in [2.75, 3.05) is 5.32 Å². The molecule has 0 aliphatic heterocycles. The molecular weight excluding hydrogens is 372 g/mol. The average molecular weight is 398 g/mol. The van der Waals surface area contributed by atoms with Crippen molar-refractivity contribution in [2.45, 2.75) is 45.6 Å². The van der Waals surface area contributed by atoms with Gasteiger partial charge in [0.15, 0.2) is 0 Å². The van der Waals surface area contributed by atoms with Crippen molar-refractivity contribution in [1.29, 1.82) is 0 Å². The molecule has 0 radical (unpaired) electrons. The molecule has 0 fully saturated rings. The molecule has 7 nitrogen and oxygen atoms in total. The molecule has 2 aromatic rings. The van der Waals surface area contributed by atoms with Crippen LogP contribution in [-0.4, -0.2) is 22.8 Å². The summed E-state index contributed by atoms with van der Waals surface area (Å²) in [7, 11) is 0. The lowest BCUT2D eigenvalue weighted by molar-refractivity contribution is -0.133. The van der Waals surface area contributed by atoms with Crippen molar-refractivity contribution in [2.24, 2.45) is 5.92 Å². The molecule has 0 saturated heterocycles. The fraction of sp³-hybridized carbons (Fsp3) is 0.364. The summed E-state index contributed by atoms with van der Waals surface area (Å²) in [6, 6.07) is 12.8. The Hall–Kier alpha value is -3.06. The zero-order valence-electron chi connectivity index (χ0n) is 16.8. The number of aryl methyl sites for hydroxylation is 1. The summed E-state index contributed by atoms with van der Waals surface area (Å²) in [5, 5.41) is 11.5. The van der Waals surface area contributed by atoms with Crippen LogP contribution in [0.1, 0.15) is 38.3 Å². The van der Waals surface area contributed by atoms with Gasteiger partial charge in [0.05, 0.1) is 0 Å². The smallest absolute Gasteiger partial charge is 0.412 e. The first kappa shape index (κ1) is 20.7. The van der Waals surface area contributed by atoms with Gasteiger partial charge < -0.3 is 9.47 Å². The van der Waals surface area contributed by atoms with Gasteiger partial charge in [0, 0.05) is 11.6 Å². The lowest BCUT2D eigenvalue weighted by atomic mass is 9.83. The van der Waals surface area contributed by atoms with Gasteiger partial charge in [0.2, 0.25) is 5.91 Å². The molecule has 3 N–H and O–H groups in total. The van der Waals surface area contributed by atoms with Crippen molar-refractivity contribution in [1.82, 2.24) is 5.48 Å². The average Bonchev–Trinajstić information content (AvgIpc) is 2.67. The van der Waals surface area contributed by atoms with E-state index in [0.717, 1.165) is 12.0 Å². The Labute approximate surface area is 170 Å². The standard InChI is InChI=1S/C22H26N2O5/c1-22(2,3)29-21(26)23-17-7-10-18(11-8-17)28-19-9-6-14-4-5-15(20(25)24-27)12-16(14)13-19/h6-11,13,15,27H,4-5,12H2,1-3H3,(H,23,26)(H,24,25). The van der Waals surface area contributed by atoms with Crippen LogP contribution >= 0.6 is 0 Å². The third-order valence-corrected chi connectivity index (χ3v) is 4.62. The molecule has 154 valence electrons. The van der Waals surface area contributed by atoms with Crippen LogP contribution in [0.25, 0.3) is 0 Å². The lowest BCUT2D eigenvalue weighted by Gasteiger charge is -2.23. The molecule has 0 heterocycles. The summed E-state index contributed by atoms with van der Waals surface area (Å²) in [6.45, 7) is 5.42. The van der Waals surface area contributed by atoms with Crippen molar-refractivity contribution in [3.63, 3.8) is 0 Å². The van der Waals surface area contributed by atoms with E-state index >= 15 is 0 Å². The van der Waals surface area contributed by atoms with Gasteiger partial charge in [-0.05, 0) is 87.6 Å². The molecule has 0 aromatic heterocycles. The van der Waals surface area contributed by atoms with E-state index in [2.05, 4.69) is 5.32 Å². The molecule has 2 aromatic carbocycles. The summed E-state index contributed by atoms with van der Waals surface area (Å²) in [6.07, 6.45) is 1.56. The molecule has 1 unspecified atom stereocenters. The topological polar surface area (TPSA) is 96.9 Å². The molecule has 0 bridgehead atoms. The Balaban J connectivity index is 1.63. The predicted molar refractivity (Wildman–Crippen MR) is 108 cm³/mol. The van der Waals surface area contributed by atoms with Crippen LogP contribution in [0.4, 0.5) is 10.5 Å². The minimum absolute atomic E-state index is 0.235. The van der Waals surface area contributed by atoms with Gasteiger partial charge in [-0.15, -0.1) is 0 Å². The molecule has 2 amide bonds. The van der Waals surface area contributed by atoms with E-state index < -0.39 is 11.7 Å². The van der Waals surface area contributed by atoms with Gasteiger partial charge >= 0.3 is 6.09 Å². The first-order valence-corrected chi connectivity index (χ1v) is 9.57. The van der Waals surface area contributed by atoms with E-state index in [1.807, 2.05) is 18.2 Å². The Morgan fingerprint density at radius 1 is 1.03 bits per heavy atom. The number of rotatable bonds is 4. The molecule has 1 aliphatic rings. The number of ether oxygens (including phenoxy) is 2. The number of carbonyl (C=O) groups excluding carboxylic acids is 2. The summed E-state index contributed by atoms with van der Waals surface area (Å²) in [5.41, 5.74) is 4.03. The second kappa shape index (κ2) is 8.53. The summed E-state index contributed by atoms with van der Waals surface area (Å²) in [4.78, 5) is 23.5. The summed E-state index contributed by atoms with van der Waals surface area (Å²) < 4.78 is 11.1. The number of benzene rings is 2. The fourth-order valence-electron chi connectivity index (χ4n) is 3.28. The Morgan fingerprint density at radius 3 is 2.38 bits per heavy atom. The van der Waals surface area contributed by atoms with Crippen LogP contribution in [0.15, 0.2) is 42.5 Å². The molecule has 0 spiro atoms. The number of amides is 2. The predicted octanol–water partition coefficient (Wildman–Crippen LogP) is 4.44. The number of hydrogen-bond donors (Lipinski definition) is 3. The molecular formula is C22H26N2O5. The van der Waals surface area contributed by atoms with Gasteiger partial charge in [-0.1, -0.05) is 6.07 Å². The van der Waals surface area contributed by atoms with Crippen molar-refractivity contribution in [3.05, 3.63) is 53.6 Å². The maximum atomic E-state index is 11.8. The third-order valence-electron chi connectivity index (χ3n) is 4.62. The monoisotopic (exact) mass is 398 g/mol. The number of anilines is 1. The van der Waals surface area contributed by atoms with Crippen molar-refractivity contribution in [3.8, 4) is 11.5 Å². The highest BCUT2D eigenvalue weighted by atomic mass is 16.6. The zero-order valence-corrected chi connectivity index (χ0v) is 16.8. The van der Waals surface area contributed by atoms with Crippen molar-refractivity contribution >= 4 is 17.7 Å². The second-order valence-electron chi connectivity index (χ2n) is 8.10. The Morgan fingerprint density at radius 2 is 1.72 bits per heavy atom. The molecule has 0 saturated carbocycles. The second-order valence-corrected chi connectivity index (χ2v) is 8.10. The maximum Gasteiger partial charge on any atom is 0.412 e. The van der Waals surface area contributed by atoms with Crippen LogP contribution in [0.5, 0.6) is 11.5 Å². The Kier molecular flexibility index (Phi) is 6.08. The van der Waals surface area contributed by atoms with Gasteiger partial charge in [-0.2, -0.15) is 0 Å². The molecule has 1 atom stereocenters. The highest BCUT2D eigenvalue weighted by molar-refractivity contribution is 5.84. The lowest BCUT2D eigenvalue weighted by Crippen LogP contribution is -2.31. The van der Waals surface area contributed by atoms with Gasteiger partial charge in [-0.25, -0.2) is 10.3 Å². The van der Waals surface area contributed by atoms with Crippen LogP contribution in [-0.2, 0) is 22.4 Å².